The highest BCUT2D eigenvalue weighted by Gasteiger charge is 2.35. The first-order valence-electron chi connectivity index (χ1n) is 9.93. The first-order valence-corrected chi connectivity index (χ1v) is 11.0. The summed E-state index contributed by atoms with van der Waals surface area (Å²) in [5.41, 5.74) is 6.93. The third-order valence-electron chi connectivity index (χ3n) is 5.47. The Labute approximate surface area is 160 Å². The van der Waals surface area contributed by atoms with E-state index in [1.165, 1.54) is 20.0 Å². The molecular weight excluding hydrogens is 354 g/mol. The van der Waals surface area contributed by atoms with Gasteiger partial charge in [0, 0.05) is 12.4 Å². The topological polar surface area (TPSA) is 80.9 Å². The second-order valence-electron chi connectivity index (χ2n) is 7.40. The van der Waals surface area contributed by atoms with Crippen molar-refractivity contribution in [2.45, 2.75) is 81.8 Å². The molecule has 3 aliphatic rings. The fourth-order valence-corrected chi connectivity index (χ4v) is 5.01. The quantitative estimate of drug-likeness (QED) is 0.544. The molecule has 0 radical (unpaired) electrons. The van der Waals surface area contributed by atoms with Crippen LogP contribution in [0.5, 0.6) is 0 Å². The highest BCUT2D eigenvalue weighted by molar-refractivity contribution is 7.99. The molecule has 2 aliphatic heterocycles. The van der Waals surface area contributed by atoms with E-state index < -0.39 is 0 Å². The van der Waals surface area contributed by atoms with Crippen LogP contribution in [0.3, 0.4) is 0 Å². The number of hydrazine groups is 1. The van der Waals surface area contributed by atoms with Crippen molar-refractivity contribution < 1.29 is 19.0 Å². The van der Waals surface area contributed by atoms with Crippen molar-refractivity contribution in [2.75, 3.05) is 19.5 Å². The molecule has 1 saturated carbocycles. The van der Waals surface area contributed by atoms with E-state index in [9.17, 15) is 4.79 Å². The van der Waals surface area contributed by atoms with Crippen molar-refractivity contribution in [1.29, 1.82) is 0 Å². The number of ether oxygens (including phenoxy) is 3. The van der Waals surface area contributed by atoms with Gasteiger partial charge in [-0.3, -0.25) is 5.32 Å². The van der Waals surface area contributed by atoms with Crippen LogP contribution in [0.15, 0.2) is 0 Å². The molecule has 3 rings (SSSR count). The van der Waals surface area contributed by atoms with Crippen molar-refractivity contribution >= 4 is 17.7 Å². The molecule has 0 aromatic rings. The molecule has 26 heavy (non-hydrogen) atoms. The standard InChI is InChI=1S/C18H33N3O4S/c1-3-10-24-13-6-4-12(5-7-13)16-19-18(21-20-16)26-11-14-8-9-15(25-14)17(22)23-2/h12-16,18-21H,3-11H2,1-2H3. The predicted octanol–water partition coefficient (Wildman–Crippen LogP) is 1.73. The summed E-state index contributed by atoms with van der Waals surface area (Å²) >= 11 is 1.80. The van der Waals surface area contributed by atoms with Gasteiger partial charge in [0.15, 0.2) is 6.10 Å². The number of carbonyl (C=O) groups is 1. The number of hydrogen-bond donors (Lipinski definition) is 3. The minimum absolute atomic E-state index is 0.123. The van der Waals surface area contributed by atoms with E-state index in [1.807, 2.05) is 0 Å². The maximum absolute atomic E-state index is 11.5. The number of methoxy groups -OCH3 is 1. The van der Waals surface area contributed by atoms with Gasteiger partial charge in [-0.2, -0.15) is 0 Å². The van der Waals surface area contributed by atoms with E-state index in [-0.39, 0.29) is 23.7 Å². The zero-order valence-electron chi connectivity index (χ0n) is 15.9. The van der Waals surface area contributed by atoms with E-state index in [0.717, 1.165) is 44.5 Å². The zero-order chi connectivity index (χ0) is 18.4. The fourth-order valence-electron chi connectivity index (χ4n) is 3.97. The van der Waals surface area contributed by atoms with Gasteiger partial charge >= 0.3 is 5.97 Å². The Morgan fingerprint density at radius 2 is 1.96 bits per heavy atom. The molecule has 3 N–H and O–H groups in total. The van der Waals surface area contributed by atoms with Crippen LogP contribution >= 0.6 is 11.8 Å². The van der Waals surface area contributed by atoms with Crippen molar-refractivity contribution in [3.8, 4) is 0 Å². The van der Waals surface area contributed by atoms with Crippen LogP contribution in [-0.2, 0) is 19.0 Å². The Morgan fingerprint density at radius 3 is 2.69 bits per heavy atom. The lowest BCUT2D eigenvalue weighted by Crippen LogP contribution is -2.43. The minimum Gasteiger partial charge on any atom is -0.467 e. The lowest BCUT2D eigenvalue weighted by Gasteiger charge is -2.31. The summed E-state index contributed by atoms with van der Waals surface area (Å²) in [4.78, 5) is 11.5. The molecule has 7 nitrogen and oxygen atoms in total. The Hall–Kier alpha value is -0.380. The molecule has 2 heterocycles. The van der Waals surface area contributed by atoms with Gasteiger partial charge in [-0.05, 0) is 50.9 Å². The van der Waals surface area contributed by atoms with E-state index in [4.69, 9.17) is 14.2 Å². The summed E-state index contributed by atoms with van der Waals surface area (Å²) in [5, 5.41) is 3.64. The van der Waals surface area contributed by atoms with Crippen molar-refractivity contribution in [2.24, 2.45) is 5.92 Å². The van der Waals surface area contributed by atoms with Gasteiger partial charge in [0.1, 0.15) is 5.50 Å². The molecule has 150 valence electrons. The van der Waals surface area contributed by atoms with Crippen LogP contribution in [0.4, 0.5) is 0 Å². The molecule has 4 atom stereocenters. The third kappa shape index (κ3) is 5.56. The average molecular weight is 388 g/mol. The molecule has 2 saturated heterocycles. The summed E-state index contributed by atoms with van der Waals surface area (Å²) in [6.45, 7) is 3.04. The number of thioether (sulfide) groups is 1. The van der Waals surface area contributed by atoms with Gasteiger partial charge in [-0.25, -0.2) is 15.6 Å². The van der Waals surface area contributed by atoms with Crippen LogP contribution in [0.2, 0.25) is 0 Å². The molecule has 0 spiro atoms. The van der Waals surface area contributed by atoms with Crippen LogP contribution in [0.1, 0.15) is 51.9 Å². The molecule has 0 amide bonds. The van der Waals surface area contributed by atoms with Crippen LogP contribution in [0.25, 0.3) is 0 Å². The highest BCUT2D eigenvalue weighted by atomic mass is 32.2. The number of nitrogens with one attached hydrogen (secondary N) is 3. The summed E-state index contributed by atoms with van der Waals surface area (Å²) in [6, 6.07) is 0. The summed E-state index contributed by atoms with van der Waals surface area (Å²) < 4.78 is 16.4. The molecule has 0 bridgehead atoms. The first-order chi connectivity index (χ1) is 12.7. The molecule has 8 heteroatoms. The number of rotatable bonds is 8. The summed E-state index contributed by atoms with van der Waals surface area (Å²) in [6.07, 6.45) is 7.99. The SMILES string of the molecule is CCCOC1CCC(C2NNC(SCC3CCC(C(=O)OC)O3)N2)CC1. The largest absolute Gasteiger partial charge is 0.467 e. The van der Waals surface area contributed by atoms with Crippen molar-refractivity contribution in [3.63, 3.8) is 0 Å². The maximum Gasteiger partial charge on any atom is 0.334 e. The van der Waals surface area contributed by atoms with Gasteiger partial charge in [0.2, 0.25) is 0 Å². The maximum atomic E-state index is 11.5. The predicted molar refractivity (Wildman–Crippen MR) is 101 cm³/mol. The van der Waals surface area contributed by atoms with E-state index >= 15 is 0 Å². The van der Waals surface area contributed by atoms with Gasteiger partial charge < -0.3 is 14.2 Å². The van der Waals surface area contributed by atoms with Crippen LogP contribution < -0.4 is 16.2 Å². The molecule has 0 aromatic carbocycles. The van der Waals surface area contributed by atoms with Gasteiger partial charge in [-0.15, -0.1) is 11.8 Å². The Kier molecular flexibility index (Phi) is 8.02. The minimum atomic E-state index is -0.383. The van der Waals surface area contributed by atoms with E-state index in [1.54, 1.807) is 11.8 Å². The molecule has 3 fully saturated rings. The van der Waals surface area contributed by atoms with Crippen LogP contribution in [0, 0.1) is 5.92 Å². The fraction of sp³-hybridized carbons (Fsp3) is 0.944. The highest BCUT2D eigenvalue weighted by Crippen LogP contribution is 2.30. The zero-order valence-corrected chi connectivity index (χ0v) is 16.7. The molecular formula is C18H33N3O4S. The summed E-state index contributed by atoms with van der Waals surface area (Å²) in [5.74, 6) is 1.25. The summed E-state index contributed by atoms with van der Waals surface area (Å²) in [7, 11) is 1.41. The molecule has 4 unspecified atom stereocenters. The van der Waals surface area contributed by atoms with Crippen molar-refractivity contribution in [1.82, 2.24) is 16.2 Å². The molecule has 1 aliphatic carbocycles. The van der Waals surface area contributed by atoms with Crippen molar-refractivity contribution in [3.05, 3.63) is 0 Å². The second kappa shape index (κ2) is 10.2. The average Bonchev–Trinajstić information content (AvgIpc) is 3.34. The number of esters is 1. The number of carbonyl (C=O) groups excluding carboxylic acids is 1. The Bertz CT molecular complexity index is 448. The monoisotopic (exact) mass is 387 g/mol. The van der Waals surface area contributed by atoms with Gasteiger partial charge in [0.05, 0.1) is 25.5 Å². The number of hydrogen-bond acceptors (Lipinski definition) is 8. The first kappa shape index (κ1) is 20.4. The second-order valence-corrected chi connectivity index (χ2v) is 8.54. The van der Waals surface area contributed by atoms with Crippen LogP contribution in [-0.4, -0.2) is 55.4 Å². The lowest BCUT2D eigenvalue weighted by atomic mass is 9.85. The lowest BCUT2D eigenvalue weighted by molar-refractivity contribution is -0.152. The Morgan fingerprint density at radius 1 is 1.15 bits per heavy atom. The van der Waals surface area contributed by atoms with E-state index in [0.29, 0.717) is 18.2 Å². The van der Waals surface area contributed by atoms with Gasteiger partial charge in [0.25, 0.3) is 0 Å². The normalized spacial score (nSPS) is 37.8. The van der Waals surface area contributed by atoms with E-state index in [2.05, 4.69) is 23.1 Å². The molecule has 0 aromatic heterocycles. The third-order valence-corrected chi connectivity index (χ3v) is 6.62. The Balaban J connectivity index is 1.32. The smallest absolute Gasteiger partial charge is 0.334 e. The van der Waals surface area contributed by atoms with Gasteiger partial charge in [-0.1, -0.05) is 6.92 Å².